The molecule has 2 aromatic heterocycles. The van der Waals surface area contributed by atoms with Crippen molar-refractivity contribution in [3.63, 3.8) is 0 Å². The third-order valence-corrected chi connectivity index (χ3v) is 16.1. The number of rotatable bonds is 14. The van der Waals surface area contributed by atoms with Gasteiger partial charge in [-0.3, -0.25) is 28.8 Å². The van der Waals surface area contributed by atoms with E-state index in [1.165, 1.54) is 9.80 Å². The summed E-state index contributed by atoms with van der Waals surface area (Å²) in [6.07, 6.45) is 0.440. The highest BCUT2D eigenvalue weighted by Crippen LogP contribution is 2.46. The Balaban J connectivity index is 0.000000216. The zero-order valence-corrected chi connectivity index (χ0v) is 44.8. The van der Waals surface area contributed by atoms with Gasteiger partial charge < -0.3 is 41.3 Å². The number of likely N-dealkylation sites (tertiary alicyclic amines) is 2. The first-order chi connectivity index (χ1) is 34.9. The van der Waals surface area contributed by atoms with Gasteiger partial charge >= 0.3 is 0 Å². The van der Waals surface area contributed by atoms with Crippen molar-refractivity contribution in [3.8, 4) is 33.0 Å². The summed E-state index contributed by atoms with van der Waals surface area (Å²) in [6.45, 7) is 15.4. The molecule has 392 valence electrons. The first-order valence-electron chi connectivity index (χ1n) is 24.9. The second-order valence-corrected chi connectivity index (χ2v) is 23.8. The Morgan fingerprint density at radius 3 is 1.24 bits per heavy atom. The molecule has 2 aromatic carbocycles. The maximum absolute atomic E-state index is 13.6. The number of amides is 6. The van der Waals surface area contributed by atoms with Gasteiger partial charge in [-0.2, -0.15) is 10.5 Å². The van der Waals surface area contributed by atoms with Crippen LogP contribution in [0.1, 0.15) is 103 Å². The number of aliphatic hydroxyl groups is 2. The number of nitriles is 2. The summed E-state index contributed by atoms with van der Waals surface area (Å²) in [5.41, 5.74) is 6.03. The van der Waals surface area contributed by atoms with Gasteiger partial charge in [0.25, 0.3) is 0 Å². The fraction of sp³-hybridized carbons (Fsp3) is 0.519. The SMILES string of the molecule is Cc1ncsc1-c1ccc(CNC(=O)[C@@H]2C[C@@H](O)CN2C(=O)[C@@H](NC(=O)C2(C#N)CC2)C(C)(C)C)cc1.Cc1ncsc1-c1ccc(CNC(=O)[C@@H]2C[C@@H](O)CN2C(=O)[C@@H](NC(=O)C2(C#N)CC2)C(C)(C)C)cc1. The van der Waals surface area contributed by atoms with Crippen LogP contribution in [0, 0.1) is 58.2 Å². The Morgan fingerprint density at radius 1 is 0.635 bits per heavy atom. The smallest absolute Gasteiger partial charge is 0.246 e. The van der Waals surface area contributed by atoms with E-state index >= 15 is 0 Å². The number of β-amino-alcohol motifs (C(OH)–C–C–N with tert-alkyl or cyclic N) is 2. The molecule has 4 aromatic rings. The van der Waals surface area contributed by atoms with Crippen LogP contribution in [0.25, 0.3) is 20.9 Å². The summed E-state index contributed by atoms with van der Waals surface area (Å²) in [5, 5.41) is 50.7. The van der Waals surface area contributed by atoms with Crippen LogP contribution in [0.4, 0.5) is 0 Å². The van der Waals surface area contributed by atoms with Crippen molar-refractivity contribution in [1.82, 2.24) is 41.0 Å². The molecular weight excluding hydrogens is 981 g/mol. The van der Waals surface area contributed by atoms with E-state index in [1.807, 2.05) is 115 Å². The van der Waals surface area contributed by atoms with Crippen LogP contribution in [0.15, 0.2) is 59.6 Å². The fourth-order valence-corrected chi connectivity index (χ4v) is 10.8. The van der Waals surface area contributed by atoms with Crippen LogP contribution in [0.3, 0.4) is 0 Å². The highest BCUT2D eigenvalue weighted by molar-refractivity contribution is 7.13. The number of thiazole rings is 2. The maximum Gasteiger partial charge on any atom is 0.246 e. The van der Waals surface area contributed by atoms with Crippen molar-refractivity contribution in [2.24, 2.45) is 21.7 Å². The Labute approximate surface area is 440 Å². The van der Waals surface area contributed by atoms with Crippen molar-refractivity contribution in [1.29, 1.82) is 10.5 Å². The minimum absolute atomic E-state index is 0.00562. The van der Waals surface area contributed by atoms with Gasteiger partial charge in [-0.25, -0.2) is 9.97 Å². The van der Waals surface area contributed by atoms with Gasteiger partial charge in [0.15, 0.2) is 0 Å². The van der Waals surface area contributed by atoms with Crippen LogP contribution in [-0.2, 0) is 41.9 Å². The Kier molecular flexibility index (Phi) is 16.5. The molecule has 0 unspecified atom stereocenters. The molecule has 74 heavy (non-hydrogen) atoms. The van der Waals surface area contributed by atoms with E-state index in [4.69, 9.17) is 0 Å². The summed E-state index contributed by atoms with van der Waals surface area (Å²) in [5.74, 6) is -2.50. The van der Waals surface area contributed by atoms with Gasteiger partial charge in [0.2, 0.25) is 35.4 Å². The van der Waals surface area contributed by atoms with Crippen LogP contribution in [-0.4, -0.2) is 115 Å². The highest BCUT2D eigenvalue weighted by Gasteiger charge is 2.54. The number of nitrogens with zero attached hydrogens (tertiary/aromatic N) is 6. The van der Waals surface area contributed by atoms with E-state index in [9.17, 15) is 49.5 Å². The maximum atomic E-state index is 13.6. The topological polar surface area (TPSA) is 271 Å². The Bertz CT molecular complexity index is 2640. The third kappa shape index (κ3) is 12.5. The van der Waals surface area contributed by atoms with Crippen molar-refractivity contribution in [2.75, 3.05) is 13.1 Å². The number of carbonyl (C=O) groups is 6. The number of aromatic nitrogens is 2. The molecule has 4 aliphatic rings. The van der Waals surface area contributed by atoms with E-state index in [2.05, 4.69) is 43.4 Å². The predicted molar refractivity (Wildman–Crippen MR) is 278 cm³/mol. The molecule has 6 atom stereocenters. The van der Waals surface area contributed by atoms with Crippen LogP contribution >= 0.6 is 22.7 Å². The lowest BCUT2D eigenvalue weighted by molar-refractivity contribution is -0.144. The molecule has 0 radical (unpaired) electrons. The normalized spacial score (nSPS) is 21.1. The van der Waals surface area contributed by atoms with Crippen molar-refractivity contribution in [2.45, 2.75) is 143 Å². The summed E-state index contributed by atoms with van der Waals surface area (Å²) in [4.78, 5) is 92.5. The van der Waals surface area contributed by atoms with Gasteiger partial charge in [-0.15, -0.1) is 22.7 Å². The van der Waals surface area contributed by atoms with Crippen molar-refractivity contribution < 1.29 is 39.0 Å². The lowest BCUT2D eigenvalue weighted by Gasteiger charge is -2.35. The zero-order valence-electron chi connectivity index (χ0n) is 43.2. The Hall–Kier alpha value is -6.58. The monoisotopic (exact) mass is 1050 g/mol. The molecule has 6 amide bonds. The van der Waals surface area contributed by atoms with Crippen molar-refractivity contribution >= 4 is 58.1 Å². The van der Waals surface area contributed by atoms with Gasteiger partial charge in [-0.1, -0.05) is 90.1 Å². The van der Waals surface area contributed by atoms with E-state index < -0.39 is 81.7 Å². The van der Waals surface area contributed by atoms with Gasteiger partial charge in [0.1, 0.15) is 35.0 Å². The van der Waals surface area contributed by atoms with Crippen LogP contribution < -0.4 is 21.3 Å². The van der Waals surface area contributed by atoms with Crippen molar-refractivity contribution in [3.05, 3.63) is 82.1 Å². The Morgan fingerprint density at radius 2 is 0.973 bits per heavy atom. The minimum Gasteiger partial charge on any atom is -0.391 e. The molecular formula is C54H66N10O8S2. The predicted octanol–water partition coefficient (Wildman–Crippen LogP) is 5.06. The van der Waals surface area contributed by atoms with Gasteiger partial charge in [0, 0.05) is 39.0 Å². The minimum atomic E-state index is -1.07. The molecule has 2 aliphatic heterocycles. The second-order valence-electron chi connectivity index (χ2n) is 22.1. The number of benzene rings is 2. The quantitative estimate of drug-likeness (QED) is 0.0968. The van der Waals surface area contributed by atoms with E-state index in [0.29, 0.717) is 25.7 Å². The highest BCUT2D eigenvalue weighted by atomic mass is 32.1. The summed E-state index contributed by atoms with van der Waals surface area (Å²) in [6, 6.07) is 16.2. The molecule has 6 N–H and O–H groups in total. The lowest BCUT2D eigenvalue weighted by Crippen LogP contribution is -2.58. The molecule has 0 spiro atoms. The second kappa shape index (κ2) is 22.1. The summed E-state index contributed by atoms with van der Waals surface area (Å²) in [7, 11) is 0. The first-order valence-corrected chi connectivity index (χ1v) is 26.6. The fourth-order valence-electron chi connectivity index (χ4n) is 9.13. The molecule has 2 saturated heterocycles. The number of hydrogen-bond acceptors (Lipinski definition) is 14. The van der Waals surface area contributed by atoms with E-state index in [-0.39, 0.29) is 50.8 Å². The molecule has 2 aliphatic carbocycles. The molecule has 4 fully saturated rings. The summed E-state index contributed by atoms with van der Waals surface area (Å²) < 4.78 is 0. The number of carbonyl (C=O) groups excluding carboxylic acids is 6. The largest absolute Gasteiger partial charge is 0.391 e. The standard InChI is InChI=1S/2C27H33N5O4S/c2*1-16-21(37-15-30-16)18-7-5-17(6-8-18)12-29-23(34)20-11-19(33)13-32(20)24(35)22(26(2,3)4)31-25(36)27(14-28)9-10-27/h2*5-8,15,19-20,22,33H,9-13H2,1-4H3,(H,29,34)(H,31,36)/t2*19-,20+,22-/m11/s1. The average Bonchev–Trinajstić information content (AvgIpc) is 4.12. The first kappa shape index (κ1) is 55.2. The molecule has 4 heterocycles. The van der Waals surface area contributed by atoms with Crippen LogP contribution in [0.2, 0.25) is 0 Å². The molecule has 20 heteroatoms. The van der Waals surface area contributed by atoms with E-state index in [1.54, 1.807) is 22.7 Å². The summed E-state index contributed by atoms with van der Waals surface area (Å²) >= 11 is 3.15. The number of nitrogens with one attached hydrogen (secondary N) is 4. The third-order valence-electron chi connectivity index (χ3n) is 14.2. The van der Waals surface area contributed by atoms with E-state index in [0.717, 1.165) is 43.4 Å². The van der Waals surface area contributed by atoms with Gasteiger partial charge in [-0.05, 0) is 72.6 Å². The lowest BCUT2D eigenvalue weighted by atomic mass is 9.85. The zero-order chi connectivity index (χ0) is 53.9. The molecule has 8 rings (SSSR count). The molecule has 2 saturated carbocycles. The van der Waals surface area contributed by atoms with Gasteiger partial charge in [0.05, 0.1) is 56.5 Å². The molecule has 18 nitrogen and oxygen atoms in total. The number of aryl methyl sites for hydroxylation is 2. The molecule has 0 bridgehead atoms. The average molecular weight is 1050 g/mol. The van der Waals surface area contributed by atoms with Crippen LogP contribution in [0.5, 0.6) is 0 Å². The number of hydrogen-bond donors (Lipinski definition) is 6. The number of aliphatic hydroxyl groups excluding tert-OH is 2.